The van der Waals surface area contributed by atoms with Gasteiger partial charge < -0.3 is 19.6 Å². The van der Waals surface area contributed by atoms with Crippen molar-refractivity contribution >= 4 is 22.5 Å². The molecule has 0 aliphatic carbocycles. The first-order chi connectivity index (χ1) is 19.1. The maximum atomic E-state index is 12.4. The van der Waals surface area contributed by atoms with Gasteiger partial charge in [0.25, 0.3) is 0 Å². The molecule has 0 radical (unpaired) electrons. The molecule has 7 heteroatoms. The predicted molar refractivity (Wildman–Crippen MR) is 158 cm³/mol. The third kappa shape index (κ3) is 4.99. The van der Waals surface area contributed by atoms with Crippen molar-refractivity contribution in [1.29, 1.82) is 5.26 Å². The fraction of sp³-hybridized carbons (Fsp3) is 0.303. The maximum absolute atomic E-state index is 12.4. The molecule has 7 nitrogen and oxygen atoms in total. The Morgan fingerprint density at radius 3 is 2.27 bits per heavy atom. The zero-order valence-corrected chi connectivity index (χ0v) is 23.5. The van der Waals surface area contributed by atoms with Gasteiger partial charge in [-0.3, -0.25) is 9.78 Å². The maximum Gasteiger partial charge on any atom is 0.220 e. The smallest absolute Gasteiger partial charge is 0.220 e. The van der Waals surface area contributed by atoms with E-state index in [0.717, 1.165) is 44.6 Å². The number of carbonyl (C=O) groups is 1. The second-order valence-electron chi connectivity index (χ2n) is 11.0. The normalized spacial score (nSPS) is 17.5. The summed E-state index contributed by atoms with van der Waals surface area (Å²) in [4.78, 5) is 21.2. The predicted octanol–water partition coefficient (Wildman–Crippen LogP) is 5.65. The van der Waals surface area contributed by atoms with Gasteiger partial charge in [0.05, 0.1) is 35.9 Å². The Morgan fingerprint density at radius 2 is 1.68 bits per heavy atom. The molecule has 1 N–H and O–H groups in total. The molecule has 4 aromatic rings. The summed E-state index contributed by atoms with van der Waals surface area (Å²) in [5.41, 5.74) is 5.28. The summed E-state index contributed by atoms with van der Waals surface area (Å²) >= 11 is 0. The standard InChI is InChI=1S/C33H34N4O3/c1-21-19-36(20-30(33(3,4)39)37(21)22(2)38)26-15-13-25(14-16-26)29-18-35-31-27(7-6-8-28(31)32(29)40-5)24-11-9-23(17-34)10-12-24/h6-16,18,21,30,39H,19-20H2,1-5H3. The van der Waals surface area contributed by atoms with Crippen LogP contribution >= 0.6 is 0 Å². The SMILES string of the molecule is COc1c(-c2ccc(N3CC(C)N(C(C)=O)C(C(C)(C)O)C3)cc2)cnc2c(-c3ccc(C#N)cc3)cccc12. The van der Waals surface area contributed by atoms with Gasteiger partial charge in [0, 0.05) is 54.5 Å². The number of rotatable bonds is 5. The molecule has 2 atom stereocenters. The van der Waals surface area contributed by atoms with Crippen molar-refractivity contribution in [3.05, 3.63) is 78.5 Å². The lowest BCUT2D eigenvalue weighted by Crippen LogP contribution is -2.65. The van der Waals surface area contributed by atoms with Gasteiger partial charge in [-0.1, -0.05) is 36.4 Å². The van der Waals surface area contributed by atoms with Crippen LogP contribution in [0.15, 0.2) is 72.9 Å². The molecule has 2 unspecified atom stereocenters. The first kappa shape index (κ1) is 27.2. The molecule has 1 fully saturated rings. The van der Waals surface area contributed by atoms with Gasteiger partial charge in [0.15, 0.2) is 0 Å². The second-order valence-corrected chi connectivity index (χ2v) is 11.0. The number of methoxy groups -OCH3 is 1. The minimum atomic E-state index is -1.03. The lowest BCUT2D eigenvalue weighted by Gasteiger charge is -2.50. The van der Waals surface area contributed by atoms with Gasteiger partial charge in [0.1, 0.15) is 5.75 Å². The van der Waals surface area contributed by atoms with Crippen LogP contribution in [0.4, 0.5) is 5.69 Å². The molecule has 0 spiro atoms. The molecular formula is C33H34N4O3. The third-order valence-electron chi connectivity index (χ3n) is 7.79. The number of nitriles is 1. The molecule has 1 aliphatic rings. The number of amides is 1. The average molecular weight is 535 g/mol. The molecule has 40 heavy (non-hydrogen) atoms. The summed E-state index contributed by atoms with van der Waals surface area (Å²) < 4.78 is 5.93. The Morgan fingerprint density at radius 1 is 1.02 bits per heavy atom. The zero-order valence-electron chi connectivity index (χ0n) is 23.5. The Labute approximate surface area is 235 Å². The van der Waals surface area contributed by atoms with Crippen LogP contribution in [-0.4, -0.2) is 58.8 Å². The lowest BCUT2D eigenvalue weighted by molar-refractivity contribution is -0.141. The highest BCUT2D eigenvalue weighted by Gasteiger charge is 2.41. The highest BCUT2D eigenvalue weighted by molar-refractivity contribution is 6.00. The lowest BCUT2D eigenvalue weighted by atomic mass is 9.92. The number of aromatic nitrogens is 1. The van der Waals surface area contributed by atoms with Crippen molar-refractivity contribution in [2.45, 2.75) is 45.4 Å². The van der Waals surface area contributed by atoms with E-state index in [4.69, 9.17) is 15.0 Å². The number of benzene rings is 3. The number of hydrogen-bond acceptors (Lipinski definition) is 6. The van der Waals surface area contributed by atoms with E-state index in [0.29, 0.717) is 18.7 Å². The number of carbonyl (C=O) groups excluding carboxylic acids is 1. The topological polar surface area (TPSA) is 89.7 Å². The molecule has 204 valence electrons. The monoisotopic (exact) mass is 534 g/mol. The summed E-state index contributed by atoms with van der Waals surface area (Å²) in [5.74, 6) is 0.729. The average Bonchev–Trinajstić information content (AvgIpc) is 2.95. The number of hydrogen-bond donors (Lipinski definition) is 1. The molecule has 2 heterocycles. The Hall–Kier alpha value is -4.41. The van der Waals surface area contributed by atoms with Gasteiger partial charge in [0.2, 0.25) is 5.91 Å². The van der Waals surface area contributed by atoms with E-state index in [9.17, 15) is 9.90 Å². The number of pyridine rings is 1. The fourth-order valence-electron chi connectivity index (χ4n) is 5.82. The zero-order chi connectivity index (χ0) is 28.6. The minimum absolute atomic E-state index is 0.0205. The van der Waals surface area contributed by atoms with E-state index >= 15 is 0 Å². The summed E-state index contributed by atoms with van der Waals surface area (Å²) in [7, 11) is 1.67. The van der Waals surface area contributed by atoms with Crippen molar-refractivity contribution in [3.63, 3.8) is 0 Å². The van der Waals surface area contributed by atoms with Crippen molar-refractivity contribution < 1.29 is 14.6 Å². The quantitative estimate of drug-likeness (QED) is 0.356. The van der Waals surface area contributed by atoms with Crippen LogP contribution in [0.2, 0.25) is 0 Å². The van der Waals surface area contributed by atoms with Gasteiger partial charge in [-0.2, -0.15) is 5.26 Å². The molecule has 3 aromatic carbocycles. The van der Waals surface area contributed by atoms with Crippen molar-refractivity contribution in [1.82, 2.24) is 9.88 Å². The Kier molecular flexibility index (Phi) is 7.22. The third-order valence-corrected chi connectivity index (χ3v) is 7.79. The molecule has 0 saturated carbocycles. The highest BCUT2D eigenvalue weighted by Crippen LogP contribution is 2.39. The van der Waals surface area contributed by atoms with Gasteiger partial charge in [-0.05, 0) is 62.2 Å². The highest BCUT2D eigenvalue weighted by atomic mass is 16.5. The number of piperazine rings is 1. The fourth-order valence-corrected chi connectivity index (χ4v) is 5.82. The number of anilines is 1. The van der Waals surface area contributed by atoms with Crippen LogP contribution in [0.25, 0.3) is 33.2 Å². The molecule has 1 amide bonds. The Balaban J connectivity index is 1.48. The number of para-hydroxylation sites is 1. The molecule has 5 rings (SSSR count). The van der Waals surface area contributed by atoms with E-state index in [1.807, 2.05) is 60.5 Å². The molecule has 0 bridgehead atoms. The minimum Gasteiger partial charge on any atom is -0.495 e. The summed E-state index contributed by atoms with van der Waals surface area (Å²) in [6.45, 7) is 8.35. The number of nitrogens with zero attached hydrogens (tertiary/aromatic N) is 4. The first-order valence-corrected chi connectivity index (χ1v) is 13.4. The van der Waals surface area contributed by atoms with E-state index in [1.54, 1.807) is 27.9 Å². The van der Waals surface area contributed by atoms with Crippen LogP contribution in [0.3, 0.4) is 0 Å². The van der Waals surface area contributed by atoms with E-state index in [-0.39, 0.29) is 18.0 Å². The van der Waals surface area contributed by atoms with Gasteiger partial charge >= 0.3 is 0 Å². The molecule has 1 aliphatic heterocycles. The first-order valence-electron chi connectivity index (χ1n) is 13.4. The van der Waals surface area contributed by atoms with Crippen LogP contribution in [-0.2, 0) is 4.79 Å². The summed E-state index contributed by atoms with van der Waals surface area (Å²) in [6, 6.07) is 23.6. The summed E-state index contributed by atoms with van der Waals surface area (Å²) in [6.07, 6.45) is 1.85. The Bertz CT molecular complexity index is 1580. The number of aliphatic hydroxyl groups is 1. The van der Waals surface area contributed by atoms with Crippen molar-refractivity contribution in [2.24, 2.45) is 0 Å². The van der Waals surface area contributed by atoms with Gasteiger partial charge in [-0.25, -0.2) is 0 Å². The van der Waals surface area contributed by atoms with E-state index in [2.05, 4.69) is 35.2 Å². The largest absolute Gasteiger partial charge is 0.495 e. The van der Waals surface area contributed by atoms with Crippen molar-refractivity contribution in [3.8, 4) is 34.1 Å². The molecule has 1 saturated heterocycles. The van der Waals surface area contributed by atoms with E-state index in [1.165, 1.54) is 0 Å². The summed E-state index contributed by atoms with van der Waals surface area (Å²) in [5, 5.41) is 20.9. The molecular weight excluding hydrogens is 500 g/mol. The van der Waals surface area contributed by atoms with Gasteiger partial charge in [-0.15, -0.1) is 0 Å². The van der Waals surface area contributed by atoms with Crippen LogP contribution in [0.1, 0.15) is 33.3 Å². The van der Waals surface area contributed by atoms with Crippen molar-refractivity contribution in [2.75, 3.05) is 25.1 Å². The van der Waals surface area contributed by atoms with E-state index < -0.39 is 5.60 Å². The number of fused-ring (bicyclic) bond motifs is 1. The molecule has 1 aromatic heterocycles. The van der Waals surface area contributed by atoms with Crippen LogP contribution in [0, 0.1) is 11.3 Å². The van der Waals surface area contributed by atoms with Crippen LogP contribution < -0.4 is 9.64 Å². The number of ether oxygens (including phenoxy) is 1. The van der Waals surface area contributed by atoms with Crippen LogP contribution in [0.5, 0.6) is 5.75 Å². The second kappa shape index (κ2) is 10.6.